The van der Waals surface area contributed by atoms with Crippen molar-refractivity contribution in [2.45, 2.75) is 12.7 Å². The van der Waals surface area contributed by atoms with E-state index in [1.165, 1.54) is 23.4 Å². The van der Waals surface area contributed by atoms with Gasteiger partial charge in [-0.3, -0.25) is 14.5 Å². The highest BCUT2D eigenvalue weighted by molar-refractivity contribution is 6.19. The van der Waals surface area contributed by atoms with Gasteiger partial charge in [0.25, 0.3) is 11.8 Å². The summed E-state index contributed by atoms with van der Waals surface area (Å²) in [5.41, 5.74) is 0.954. The van der Waals surface area contributed by atoms with Crippen molar-refractivity contribution >= 4 is 11.8 Å². The van der Waals surface area contributed by atoms with Crippen molar-refractivity contribution < 1.29 is 14.7 Å². The van der Waals surface area contributed by atoms with E-state index in [1.807, 2.05) is 30.3 Å². The van der Waals surface area contributed by atoms with Crippen LogP contribution >= 0.6 is 0 Å². The Kier molecular flexibility index (Phi) is 3.65. The molecule has 0 aromatic heterocycles. The molecule has 2 aliphatic rings. The Labute approximate surface area is 127 Å². The van der Waals surface area contributed by atoms with Crippen molar-refractivity contribution in [3.05, 3.63) is 71.8 Å². The molecule has 3 rings (SSSR count). The summed E-state index contributed by atoms with van der Waals surface area (Å²) >= 11 is 0. The summed E-state index contributed by atoms with van der Waals surface area (Å²) in [6, 6.07) is 9.44. The molecule has 6 nitrogen and oxygen atoms in total. The van der Waals surface area contributed by atoms with Crippen LogP contribution in [0.1, 0.15) is 5.56 Å². The predicted octanol–water partition coefficient (Wildman–Crippen LogP) is 0.914. The van der Waals surface area contributed by atoms with Crippen LogP contribution in [0.2, 0.25) is 0 Å². The number of benzene rings is 1. The molecule has 0 radical (unpaired) electrons. The van der Waals surface area contributed by atoms with Gasteiger partial charge in [0.1, 0.15) is 11.3 Å². The highest BCUT2D eigenvalue weighted by atomic mass is 16.3. The fourth-order valence-corrected chi connectivity index (χ4v) is 2.30. The molecule has 6 heteroatoms. The molecule has 2 heterocycles. The van der Waals surface area contributed by atoms with Gasteiger partial charge >= 0.3 is 0 Å². The van der Waals surface area contributed by atoms with Crippen LogP contribution in [0.4, 0.5) is 0 Å². The minimum atomic E-state index is -0.650. The summed E-state index contributed by atoms with van der Waals surface area (Å²) in [7, 11) is 0. The van der Waals surface area contributed by atoms with Crippen molar-refractivity contribution in [2.75, 3.05) is 0 Å². The lowest BCUT2D eigenvalue weighted by molar-refractivity contribution is -0.131. The van der Waals surface area contributed by atoms with Gasteiger partial charge in [-0.1, -0.05) is 30.3 Å². The number of amides is 2. The third kappa shape index (κ3) is 2.58. The van der Waals surface area contributed by atoms with Gasteiger partial charge in [0.15, 0.2) is 6.17 Å². The normalized spacial score (nSPS) is 19.7. The number of aliphatic hydroxyl groups excluding tert-OH is 1. The van der Waals surface area contributed by atoms with Crippen LogP contribution in [0.3, 0.4) is 0 Å². The molecule has 1 aromatic carbocycles. The summed E-state index contributed by atoms with van der Waals surface area (Å²) in [4.78, 5) is 25.8. The molecule has 0 saturated heterocycles. The molecule has 0 aliphatic carbocycles. The van der Waals surface area contributed by atoms with Crippen molar-refractivity contribution in [1.82, 2.24) is 15.5 Å². The summed E-state index contributed by atoms with van der Waals surface area (Å²) in [6.07, 6.45) is 5.26. The van der Waals surface area contributed by atoms with Crippen molar-refractivity contribution in [2.24, 2.45) is 0 Å². The molecule has 1 unspecified atom stereocenters. The number of nitrogens with zero attached hydrogens (tertiary/aromatic N) is 1. The fraction of sp³-hybridized carbons (Fsp3) is 0.125. The number of hydrogen-bond acceptors (Lipinski definition) is 4. The van der Waals surface area contributed by atoms with Crippen molar-refractivity contribution in [1.29, 1.82) is 0 Å². The molecule has 2 aliphatic heterocycles. The number of aliphatic hydroxyl groups is 1. The van der Waals surface area contributed by atoms with Gasteiger partial charge in [0, 0.05) is 18.9 Å². The highest BCUT2D eigenvalue weighted by Crippen LogP contribution is 2.19. The Hall–Kier alpha value is -3.02. The number of rotatable bonds is 3. The monoisotopic (exact) mass is 297 g/mol. The first-order chi connectivity index (χ1) is 10.7. The molecule has 0 fully saturated rings. The van der Waals surface area contributed by atoms with Crippen LogP contribution < -0.4 is 10.6 Å². The van der Waals surface area contributed by atoms with E-state index >= 15 is 0 Å². The molecule has 112 valence electrons. The maximum absolute atomic E-state index is 12.3. The number of carbonyl (C=O) groups excluding carboxylic acids is 2. The van der Waals surface area contributed by atoms with E-state index in [1.54, 1.807) is 6.08 Å². The zero-order valence-electron chi connectivity index (χ0n) is 11.7. The van der Waals surface area contributed by atoms with E-state index in [-0.39, 0.29) is 11.3 Å². The Morgan fingerprint density at radius 2 is 2.09 bits per heavy atom. The molecule has 3 N–H and O–H groups in total. The minimum absolute atomic E-state index is 0.00605. The third-order valence-electron chi connectivity index (χ3n) is 3.46. The second kappa shape index (κ2) is 5.77. The van der Waals surface area contributed by atoms with E-state index in [4.69, 9.17) is 0 Å². The topological polar surface area (TPSA) is 81.7 Å². The first-order valence-corrected chi connectivity index (χ1v) is 6.85. The number of allylic oxidation sites excluding steroid dienone is 2. The second-order valence-electron chi connectivity index (χ2n) is 4.94. The van der Waals surface area contributed by atoms with Crippen molar-refractivity contribution in [3.8, 4) is 0 Å². The average Bonchev–Trinajstić information content (AvgIpc) is 2.55. The molecule has 22 heavy (non-hydrogen) atoms. The molecule has 2 amide bonds. The van der Waals surface area contributed by atoms with E-state index < -0.39 is 18.0 Å². The Morgan fingerprint density at radius 1 is 1.32 bits per heavy atom. The van der Waals surface area contributed by atoms with Crippen LogP contribution in [0.5, 0.6) is 0 Å². The van der Waals surface area contributed by atoms with Crippen LogP contribution in [0, 0.1) is 0 Å². The average molecular weight is 297 g/mol. The van der Waals surface area contributed by atoms with Gasteiger partial charge in [-0.05, 0) is 17.7 Å². The summed E-state index contributed by atoms with van der Waals surface area (Å²) in [5.74, 6) is -0.886. The molecule has 1 atom stereocenters. The number of carbonyl (C=O) groups is 2. The first kappa shape index (κ1) is 13.9. The van der Waals surface area contributed by atoms with Gasteiger partial charge in [-0.25, -0.2) is 0 Å². The molecular formula is C16H15N3O3. The lowest BCUT2D eigenvalue weighted by Crippen LogP contribution is -2.52. The third-order valence-corrected chi connectivity index (χ3v) is 3.46. The maximum atomic E-state index is 12.3. The van der Waals surface area contributed by atoms with Crippen LogP contribution in [-0.2, 0) is 16.1 Å². The van der Waals surface area contributed by atoms with Crippen LogP contribution in [-0.4, -0.2) is 28.0 Å². The molecule has 0 saturated carbocycles. The predicted molar refractivity (Wildman–Crippen MR) is 80.0 cm³/mol. The minimum Gasteiger partial charge on any atom is -0.508 e. The Balaban J connectivity index is 1.70. The van der Waals surface area contributed by atoms with Gasteiger partial charge in [0.2, 0.25) is 0 Å². The van der Waals surface area contributed by atoms with Crippen molar-refractivity contribution in [3.63, 3.8) is 0 Å². The maximum Gasteiger partial charge on any atom is 0.266 e. The number of fused-ring (bicyclic) bond motifs is 1. The zero-order chi connectivity index (χ0) is 15.5. The largest absolute Gasteiger partial charge is 0.508 e. The Morgan fingerprint density at radius 3 is 2.86 bits per heavy atom. The number of hydrogen-bond donors (Lipinski definition) is 3. The Bertz CT molecular complexity index is 692. The zero-order valence-corrected chi connectivity index (χ0v) is 11.7. The quantitative estimate of drug-likeness (QED) is 0.725. The van der Waals surface area contributed by atoms with Gasteiger partial charge in [0.05, 0.1) is 0 Å². The molecule has 0 bridgehead atoms. The lowest BCUT2D eigenvalue weighted by Gasteiger charge is -2.34. The summed E-state index contributed by atoms with van der Waals surface area (Å²) < 4.78 is 0. The second-order valence-corrected chi connectivity index (χ2v) is 4.94. The summed E-state index contributed by atoms with van der Waals surface area (Å²) in [6.45, 7) is 0.342. The van der Waals surface area contributed by atoms with Crippen LogP contribution in [0.15, 0.2) is 66.2 Å². The fourth-order valence-electron chi connectivity index (χ4n) is 2.30. The summed E-state index contributed by atoms with van der Waals surface area (Å²) in [5, 5.41) is 15.3. The van der Waals surface area contributed by atoms with Gasteiger partial charge < -0.3 is 15.7 Å². The standard InChI is InChI=1S/C16H15N3O3/c20-13-7-4-8-19-14(13)17-10-12(16(19)22)15(21)18-9-11-5-2-1-3-6-11/h1-8,10,14,17,20H,9H2,(H,18,21). The van der Waals surface area contributed by atoms with E-state index in [0.29, 0.717) is 6.54 Å². The molecular weight excluding hydrogens is 282 g/mol. The lowest BCUT2D eigenvalue weighted by atomic mass is 10.1. The van der Waals surface area contributed by atoms with E-state index in [2.05, 4.69) is 10.6 Å². The van der Waals surface area contributed by atoms with Crippen LogP contribution in [0.25, 0.3) is 0 Å². The van der Waals surface area contributed by atoms with Gasteiger partial charge in [-0.2, -0.15) is 0 Å². The van der Waals surface area contributed by atoms with E-state index in [0.717, 1.165) is 5.56 Å². The smallest absolute Gasteiger partial charge is 0.266 e. The molecule has 0 spiro atoms. The molecule has 1 aromatic rings. The first-order valence-electron chi connectivity index (χ1n) is 6.85. The number of nitrogens with one attached hydrogen (secondary N) is 2. The SMILES string of the molecule is O=C(NCc1ccccc1)C1=CNC2C(O)=CC=CN2C1=O. The highest BCUT2D eigenvalue weighted by Gasteiger charge is 2.34. The van der Waals surface area contributed by atoms with E-state index in [9.17, 15) is 14.7 Å². The van der Waals surface area contributed by atoms with Gasteiger partial charge in [-0.15, -0.1) is 0 Å².